The van der Waals surface area contributed by atoms with Gasteiger partial charge in [-0.1, -0.05) is 13.8 Å². The third-order valence-electron chi connectivity index (χ3n) is 3.83. The van der Waals surface area contributed by atoms with Gasteiger partial charge in [0.05, 0.1) is 11.4 Å². The molecule has 4 nitrogen and oxygen atoms in total. The zero-order valence-electron chi connectivity index (χ0n) is 11.9. The standard InChI is InChI=1S/C14H26N4/c1-4-12-9-14(17(3)16-12)11-18-8-6-7-15-13(5-2)10-18/h9,13,15H,4-8,10-11H2,1-3H3. The summed E-state index contributed by atoms with van der Waals surface area (Å²) in [6.45, 7) is 8.96. The van der Waals surface area contributed by atoms with Gasteiger partial charge in [0, 0.05) is 26.2 Å². The summed E-state index contributed by atoms with van der Waals surface area (Å²) in [5.41, 5.74) is 2.54. The van der Waals surface area contributed by atoms with E-state index in [9.17, 15) is 0 Å². The summed E-state index contributed by atoms with van der Waals surface area (Å²) in [6, 6.07) is 2.89. The molecular weight excluding hydrogens is 224 g/mol. The first-order valence-electron chi connectivity index (χ1n) is 7.20. The largest absolute Gasteiger partial charge is 0.313 e. The minimum Gasteiger partial charge on any atom is -0.313 e. The Labute approximate surface area is 110 Å². The average Bonchev–Trinajstić information content (AvgIpc) is 2.60. The minimum absolute atomic E-state index is 0.645. The van der Waals surface area contributed by atoms with Crippen LogP contribution in [0, 0.1) is 0 Å². The van der Waals surface area contributed by atoms with E-state index < -0.39 is 0 Å². The van der Waals surface area contributed by atoms with Crippen molar-refractivity contribution in [2.24, 2.45) is 7.05 Å². The fraction of sp³-hybridized carbons (Fsp3) is 0.786. The monoisotopic (exact) mass is 250 g/mol. The minimum atomic E-state index is 0.645. The van der Waals surface area contributed by atoms with E-state index in [4.69, 9.17) is 0 Å². The maximum atomic E-state index is 4.53. The van der Waals surface area contributed by atoms with E-state index in [1.807, 2.05) is 4.68 Å². The molecule has 18 heavy (non-hydrogen) atoms. The Morgan fingerprint density at radius 2 is 2.28 bits per heavy atom. The van der Waals surface area contributed by atoms with Crippen LogP contribution in [0.3, 0.4) is 0 Å². The first-order valence-corrected chi connectivity index (χ1v) is 7.20. The number of hydrogen-bond acceptors (Lipinski definition) is 3. The molecule has 1 aliphatic rings. The maximum Gasteiger partial charge on any atom is 0.0625 e. The molecule has 0 spiro atoms. The van der Waals surface area contributed by atoms with Crippen LogP contribution in [-0.2, 0) is 20.0 Å². The van der Waals surface area contributed by atoms with E-state index in [1.54, 1.807) is 0 Å². The molecule has 0 amide bonds. The SMILES string of the molecule is CCc1cc(CN2CCCNC(CC)C2)n(C)n1. The second kappa shape index (κ2) is 6.34. The van der Waals surface area contributed by atoms with E-state index in [0.717, 1.165) is 26.1 Å². The molecule has 0 aromatic carbocycles. The van der Waals surface area contributed by atoms with Gasteiger partial charge in [0.15, 0.2) is 0 Å². The Kier molecular flexibility index (Phi) is 4.78. The number of nitrogens with one attached hydrogen (secondary N) is 1. The molecule has 1 saturated heterocycles. The Hall–Kier alpha value is -0.870. The molecule has 1 aromatic rings. The second-order valence-electron chi connectivity index (χ2n) is 5.25. The first-order chi connectivity index (χ1) is 8.72. The lowest BCUT2D eigenvalue weighted by atomic mass is 10.2. The number of aryl methyl sites for hydroxylation is 2. The quantitative estimate of drug-likeness (QED) is 0.880. The van der Waals surface area contributed by atoms with Crippen LogP contribution in [0.1, 0.15) is 38.1 Å². The van der Waals surface area contributed by atoms with Gasteiger partial charge in [-0.3, -0.25) is 9.58 Å². The highest BCUT2D eigenvalue weighted by Gasteiger charge is 2.17. The summed E-state index contributed by atoms with van der Waals surface area (Å²) < 4.78 is 2.04. The van der Waals surface area contributed by atoms with Gasteiger partial charge in [-0.15, -0.1) is 0 Å². The lowest BCUT2D eigenvalue weighted by molar-refractivity contribution is 0.251. The van der Waals surface area contributed by atoms with E-state index in [1.165, 1.54) is 30.8 Å². The number of nitrogens with zero attached hydrogens (tertiary/aromatic N) is 3. The smallest absolute Gasteiger partial charge is 0.0625 e. The van der Waals surface area contributed by atoms with Crippen LogP contribution in [-0.4, -0.2) is 40.4 Å². The number of aromatic nitrogens is 2. The van der Waals surface area contributed by atoms with Crippen molar-refractivity contribution in [3.63, 3.8) is 0 Å². The first kappa shape index (κ1) is 13.6. The van der Waals surface area contributed by atoms with Gasteiger partial charge < -0.3 is 5.32 Å². The Bertz CT molecular complexity index is 372. The second-order valence-corrected chi connectivity index (χ2v) is 5.25. The van der Waals surface area contributed by atoms with Crippen molar-refractivity contribution < 1.29 is 0 Å². The van der Waals surface area contributed by atoms with Crippen molar-refractivity contribution in [3.8, 4) is 0 Å². The molecule has 1 N–H and O–H groups in total. The van der Waals surface area contributed by atoms with Gasteiger partial charge in [-0.2, -0.15) is 5.10 Å². The van der Waals surface area contributed by atoms with E-state index in [0.29, 0.717) is 6.04 Å². The zero-order chi connectivity index (χ0) is 13.0. The van der Waals surface area contributed by atoms with Crippen LogP contribution in [0.25, 0.3) is 0 Å². The Balaban J connectivity index is 2.00. The normalized spacial score (nSPS) is 22.1. The Morgan fingerprint density at radius 3 is 2.94 bits per heavy atom. The zero-order valence-corrected chi connectivity index (χ0v) is 11.9. The van der Waals surface area contributed by atoms with Crippen molar-refractivity contribution in [1.29, 1.82) is 0 Å². The molecule has 0 bridgehead atoms. The van der Waals surface area contributed by atoms with Crippen LogP contribution in [0.15, 0.2) is 6.07 Å². The highest BCUT2D eigenvalue weighted by Crippen LogP contribution is 2.11. The van der Waals surface area contributed by atoms with E-state index in [-0.39, 0.29) is 0 Å². The van der Waals surface area contributed by atoms with Gasteiger partial charge in [0.1, 0.15) is 0 Å². The Morgan fingerprint density at radius 1 is 1.44 bits per heavy atom. The third kappa shape index (κ3) is 3.33. The molecular formula is C14H26N4. The van der Waals surface area contributed by atoms with Gasteiger partial charge in [-0.25, -0.2) is 0 Å². The van der Waals surface area contributed by atoms with Crippen molar-refractivity contribution in [3.05, 3.63) is 17.5 Å². The van der Waals surface area contributed by atoms with Crippen molar-refractivity contribution in [2.45, 2.75) is 45.7 Å². The number of hydrogen-bond donors (Lipinski definition) is 1. The van der Waals surface area contributed by atoms with E-state index >= 15 is 0 Å². The summed E-state index contributed by atoms with van der Waals surface area (Å²) in [6.07, 6.45) is 3.48. The predicted molar refractivity (Wildman–Crippen MR) is 74.6 cm³/mol. The fourth-order valence-electron chi connectivity index (χ4n) is 2.61. The van der Waals surface area contributed by atoms with Crippen LogP contribution in [0.2, 0.25) is 0 Å². The van der Waals surface area contributed by atoms with Gasteiger partial charge in [0.25, 0.3) is 0 Å². The number of rotatable bonds is 4. The summed E-state index contributed by atoms with van der Waals surface area (Å²) in [4.78, 5) is 2.56. The summed E-state index contributed by atoms with van der Waals surface area (Å²) in [5.74, 6) is 0. The molecule has 4 heteroatoms. The average molecular weight is 250 g/mol. The summed E-state index contributed by atoms with van der Waals surface area (Å²) >= 11 is 0. The molecule has 1 atom stereocenters. The molecule has 1 unspecified atom stereocenters. The third-order valence-corrected chi connectivity index (χ3v) is 3.83. The predicted octanol–water partition coefficient (Wildman–Crippen LogP) is 1.56. The van der Waals surface area contributed by atoms with Crippen molar-refractivity contribution in [2.75, 3.05) is 19.6 Å². The molecule has 102 valence electrons. The molecule has 0 saturated carbocycles. The highest BCUT2D eigenvalue weighted by atomic mass is 15.3. The maximum absolute atomic E-state index is 4.53. The van der Waals surface area contributed by atoms with Crippen LogP contribution >= 0.6 is 0 Å². The van der Waals surface area contributed by atoms with Gasteiger partial charge >= 0.3 is 0 Å². The van der Waals surface area contributed by atoms with Gasteiger partial charge in [-0.05, 0) is 38.4 Å². The lowest BCUT2D eigenvalue weighted by Crippen LogP contribution is -2.37. The molecule has 1 aliphatic heterocycles. The van der Waals surface area contributed by atoms with Crippen LogP contribution in [0.4, 0.5) is 0 Å². The van der Waals surface area contributed by atoms with Crippen LogP contribution < -0.4 is 5.32 Å². The summed E-state index contributed by atoms with van der Waals surface area (Å²) in [5, 5.41) is 8.15. The summed E-state index contributed by atoms with van der Waals surface area (Å²) in [7, 11) is 2.06. The molecule has 1 aromatic heterocycles. The molecule has 1 fully saturated rings. The topological polar surface area (TPSA) is 33.1 Å². The fourth-order valence-corrected chi connectivity index (χ4v) is 2.61. The molecule has 2 heterocycles. The molecule has 2 rings (SSSR count). The molecule has 0 aliphatic carbocycles. The lowest BCUT2D eigenvalue weighted by Gasteiger charge is -2.23. The van der Waals surface area contributed by atoms with Crippen molar-refractivity contribution >= 4 is 0 Å². The molecule has 0 radical (unpaired) electrons. The van der Waals surface area contributed by atoms with E-state index in [2.05, 4.69) is 42.3 Å². The highest BCUT2D eigenvalue weighted by molar-refractivity contribution is 5.10. The van der Waals surface area contributed by atoms with Crippen LogP contribution in [0.5, 0.6) is 0 Å². The van der Waals surface area contributed by atoms with Crippen molar-refractivity contribution in [1.82, 2.24) is 20.0 Å². The van der Waals surface area contributed by atoms with Gasteiger partial charge in [0.2, 0.25) is 0 Å².